The Balaban J connectivity index is 1.71. The van der Waals surface area contributed by atoms with Gasteiger partial charge < -0.3 is 19.5 Å². The summed E-state index contributed by atoms with van der Waals surface area (Å²) in [5.74, 6) is 1.97. The average molecular weight is 420 g/mol. The van der Waals surface area contributed by atoms with E-state index in [-0.39, 0.29) is 11.3 Å². The molecule has 1 N–H and O–H groups in total. The number of hydrogen-bond acceptors (Lipinski definition) is 4. The molecule has 162 valence electrons. The van der Waals surface area contributed by atoms with Crippen LogP contribution in [0.1, 0.15) is 42.3 Å². The fourth-order valence-corrected chi connectivity index (χ4v) is 3.12. The summed E-state index contributed by atoms with van der Waals surface area (Å²) in [6.07, 6.45) is 0. The predicted molar refractivity (Wildman–Crippen MR) is 123 cm³/mol. The summed E-state index contributed by atoms with van der Waals surface area (Å²) in [6.45, 7) is 6.82. The van der Waals surface area contributed by atoms with Crippen molar-refractivity contribution in [2.24, 2.45) is 0 Å². The van der Waals surface area contributed by atoms with Crippen LogP contribution in [0, 0.1) is 0 Å². The van der Waals surface area contributed by atoms with E-state index in [0.717, 1.165) is 17.1 Å². The van der Waals surface area contributed by atoms with Crippen molar-refractivity contribution in [1.82, 2.24) is 0 Å². The van der Waals surface area contributed by atoms with Crippen LogP contribution in [0.5, 0.6) is 17.2 Å². The van der Waals surface area contributed by atoms with Gasteiger partial charge in [-0.3, -0.25) is 4.79 Å². The zero-order valence-corrected chi connectivity index (χ0v) is 18.7. The minimum absolute atomic E-state index is 0.0906. The van der Waals surface area contributed by atoms with Crippen molar-refractivity contribution < 1.29 is 19.0 Å². The van der Waals surface area contributed by atoms with Crippen LogP contribution < -0.4 is 19.5 Å². The Labute approximate surface area is 184 Å². The van der Waals surface area contributed by atoms with E-state index in [0.29, 0.717) is 23.6 Å². The number of nitrogens with one attached hydrogen (secondary N) is 1. The molecule has 5 heteroatoms. The molecule has 0 saturated heterocycles. The van der Waals surface area contributed by atoms with Gasteiger partial charge in [0.15, 0.2) is 0 Å². The molecule has 0 aliphatic heterocycles. The van der Waals surface area contributed by atoms with Gasteiger partial charge in [-0.2, -0.15) is 0 Å². The summed E-state index contributed by atoms with van der Waals surface area (Å²) < 4.78 is 16.6. The first kappa shape index (κ1) is 22.2. The lowest BCUT2D eigenvalue weighted by atomic mass is 9.87. The van der Waals surface area contributed by atoms with Crippen LogP contribution in [0.15, 0.2) is 66.7 Å². The maximum Gasteiger partial charge on any atom is 0.255 e. The van der Waals surface area contributed by atoms with E-state index in [4.69, 9.17) is 14.2 Å². The highest BCUT2D eigenvalue weighted by atomic mass is 16.5. The van der Waals surface area contributed by atoms with Crippen LogP contribution in [0.2, 0.25) is 0 Å². The van der Waals surface area contributed by atoms with Crippen molar-refractivity contribution in [3.8, 4) is 17.2 Å². The van der Waals surface area contributed by atoms with Crippen LogP contribution in [0.4, 0.5) is 5.69 Å². The molecule has 0 saturated carbocycles. The molecule has 31 heavy (non-hydrogen) atoms. The van der Waals surface area contributed by atoms with Gasteiger partial charge in [-0.15, -0.1) is 0 Å². The highest BCUT2D eigenvalue weighted by Gasteiger charge is 2.14. The van der Waals surface area contributed by atoms with Crippen molar-refractivity contribution in [2.75, 3.05) is 19.5 Å². The molecular weight excluding hydrogens is 390 g/mol. The molecule has 1 amide bonds. The highest BCUT2D eigenvalue weighted by molar-refractivity contribution is 6.04. The molecular formula is C26H29NO4. The van der Waals surface area contributed by atoms with Gasteiger partial charge in [-0.1, -0.05) is 32.9 Å². The number of hydrogen-bond donors (Lipinski definition) is 1. The van der Waals surface area contributed by atoms with E-state index in [9.17, 15) is 4.79 Å². The number of carbonyl (C=O) groups is 1. The molecule has 3 aromatic carbocycles. The number of anilines is 1. The van der Waals surface area contributed by atoms with E-state index in [1.807, 2.05) is 12.1 Å². The number of carbonyl (C=O) groups excluding carboxylic acids is 1. The van der Waals surface area contributed by atoms with Crippen molar-refractivity contribution in [1.29, 1.82) is 0 Å². The van der Waals surface area contributed by atoms with Gasteiger partial charge in [-0.25, -0.2) is 0 Å². The molecule has 5 nitrogen and oxygen atoms in total. The SMILES string of the molecule is COc1ccc(NC(=O)c2ccc(OC)c(COc3ccc(C(C)(C)C)cc3)c2)cc1. The molecule has 0 bridgehead atoms. The molecule has 0 unspecified atom stereocenters. The van der Waals surface area contributed by atoms with Gasteiger partial charge in [0.2, 0.25) is 0 Å². The normalized spacial score (nSPS) is 11.0. The van der Waals surface area contributed by atoms with Crippen LogP contribution in [-0.4, -0.2) is 20.1 Å². The van der Waals surface area contributed by atoms with Crippen LogP contribution in [0.3, 0.4) is 0 Å². The zero-order valence-electron chi connectivity index (χ0n) is 18.7. The molecule has 0 radical (unpaired) electrons. The number of rotatable bonds is 7. The number of ether oxygens (including phenoxy) is 3. The minimum atomic E-state index is -0.205. The second kappa shape index (κ2) is 9.56. The van der Waals surface area contributed by atoms with Gasteiger partial charge in [-0.05, 0) is 65.6 Å². The van der Waals surface area contributed by atoms with Gasteiger partial charge in [0.25, 0.3) is 5.91 Å². The second-order valence-corrected chi connectivity index (χ2v) is 8.27. The maximum absolute atomic E-state index is 12.7. The summed E-state index contributed by atoms with van der Waals surface area (Å²) in [6, 6.07) is 20.6. The van der Waals surface area contributed by atoms with E-state index in [2.05, 4.69) is 38.2 Å². The van der Waals surface area contributed by atoms with E-state index >= 15 is 0 Å². The summed E-state index contributed by atoms with van der Waals surface area (Å²) in [7, 11) is 3.21. The quantitative estimate of drug-likeness (QED) is 0.523. The lowest BCUT2D eigenvalue weighted by molar-refractivity contribution is 0.102. The largest absolute Gasteiger partial charge is 0.497 e. The van der Waals surface area contributed by atoms with Gasteiger partial charge in [0.05, 0.1) is 14.2 Å². The van der Waals surface area contributed by atoms with Gasteiger partial charge in [0.1, 0.15) is 23.9 Å². The van der Waals surface area contributed by atoms with Crippen LogP contribution >= 0.6 is 0 Å². The topological polar surface area (TPSA) is 56.8 Å². The first-order chi connectivity index (χ1) is 14.8. The summed E-state index contributed by atoms with van der Waals surface area (Å²) in [5.41, 5.74) is 3.35. The highest BCUT2D eigenvalue weighted by Crippen LogP contribution is 2.26. The van der Waals surface area contributed by atoms with Crippen LogP contribution in [-0.2, 0) is 12.0 Å². The van der Waals surface area contributed by atoms with Crippen molar-refractivity contribution in [3.05, 3.63) is 83.4 Å². The van der Waals surface area contributed by atoms with Crippen molar-refractivity contribution in [2.45, 2.75) is 32.8 Å². The maximum atomic E-state index is 12.7. The fourth-order valence-electron chi connectivity index (χ4n) is 3.12. The van der Waals surface area contributed by atoms with Gasteiger partial charge >= 0.3 is 0 Å². The van der Waals surface area contributed by atoms with Crippen LogP contribution in [0.25, 0.3) is 0 Å². The lowest BCUT2D eigenvalue weighted by Gasteiger charge is -2.19. The number of amides is 1. The molecule has 0 aromatic heterocycles. The molecule has 0 heterocycles. The molecule has 0 fully saturated rings. The lowest BCUT2D eigenvalue weighted by Crippen LogP contribution is -2.13. The standard InChI is InChI=1S/C26H29NO4/c1-26(2,3)20-7-11-23(12-8-20)31-17-19-16-18(6-15-24(19)30-5)25(28)27-21-9-13-22(29-4)14-10-21/h6-16H,17H2,1-5H3,(H,27,28). The Hall–Kier alpha value is -3.47. The van der Waals surface area contributed by atoms with E-state index in [1.54, 1.807) is 56.7 Å². The molecule has 0 spiro atoms. The number of methoxy groups -OCH3 is 2. The third-order valence-corrected chi connectivity index (χ3v) is 5.01. The molecule has 0 aliphatic carbocycles. The smallest absolute Gasteiger partial charge is 0.255 e. The third kappa shape index (κ3) is 5.79. The Kier molecular flexibility index (Phi) is 6.85. The summed E-state index contributed by atoms with van der Waals surface area (Å²) in [4.78, 5) is 12.7. The van der Waals surface area contributed by atoms with E-state index < -0.39 is 0 Å². The molecule has 0 aliphatic rings. The van der Waals surface area contributed by atoms with Crippen molar-refractivity contribution in [3.63, 3.8) is 0 Å². The molecule has 3 rings (SSSR count). The predicted octanol–water partition coefficient (Wildman–Crippen LogP) is 5.83. The summed E-state index contributed by atoms with van der Waals surface area (Å²) in [5, 5.41) is 2.89. The Morgan fingerprint density at radius 2 is 1.48 bits per heavy atom. The number of benzene rings is 3. The monoisotopic (exact) mass is 419 g/mol. The minimum Gasteiger partial charge on any atom is -0.497 e. The Morgan fingerprint density at radius 3 is 2.06 bits per heavy atom. The second-order valence-electron chi connectivity index (χ2n) is 8.27. The average Bonchev–Trinajstić information content (AvgIpc) is 2.77. The zero-order chi connectivity index (χ0) is 22.4. The fraction of sp³-hybridized carbons (Fsp3) is 0.269. The van der Waals surface area contributed by atoms with Crippen molar-refractivity contribution >= 4 is 11.6 Å². The Morgan fingerprint density at radius 1 is 0.839 bits per heavy atom. The molecule has 3 aromatic rings. The Bertz CT molecular complexity index is 1020. The van der Waals surface area contributed by atoms with Gasteiger partial charge in [0, 0.05) is 16.8 Å². The summed E-state index contributed by atoms with van der Waals surface area (Å²) >= 11 is 0. The van der Waals surface area contributed by atoms with E-state index in [1.165, 1.54) is 5.56 Å². The first-order valence-electron chi connectivity index (χ1n) is 10.2. The molecule has 0 atom stereocenters. The third-order valence-electron chi connectivity index (χ3n) is 5.01. The first-order valence-corrected chi connectivity index (χ1v) is 10.2.